The Morgan fingerprint density at radius 2 is 1.92 bits per heavy atom. The summed E-state index contributed by atoms with van der Waals surface area (Å²) < 4.78 is 44.0. The Morgan fingerprint density at radius 3 is 2.58 bits per heavy atom. The van der Waals surface area contributed by atoms with E-state index in [0.29, 0.717) is 15.7 Å². The van der Waals surface area contributed by atoms with Crippen molar-refractivity contribution in [1.29, 1.82) is 0 Å². The topological polar surface area (TPSA) is 38.3 Å². The number of carbonyl (C=O) groups is 1. The lowest BCUT2D eigenvalue weighted by molar-refractivity contribution is -0.137. The maximum absolute atomic E-state index is 12.8. The molecular formula is C17H15F3INO2. The molecule has 0 heterocycles. The smallest absolute Gasteiger partial charge is 0.416 e. The van der Waals surface area contributed by atoms with Crippen molar-refractivity contribution in [2.75, 3.05) is 12.4 Å². The van der Waals surface area contributed by atoms with Gasteiger partial charge in [0.05, 0.1) is 18.4 Å². The van der Waals surface area contributed by atoms with Crippen molar-refractivity contribution in [2.24, 2.45) is 0 Å². The zero-order valence-corrected chi connectivity index (χ0v) is 14.9. The molecule has 3 nitrogen and oxygen atoms in total. The molecule has 0 saturated carbocycles. The summed E-state index contributed by atoms with van der Waals surface area (Å²) in [7, 11) is 1.55. The van der Waals surface area contributed by atoms with Gasteiger partial charge in [0.1, 0.15) is 5.75 Å². The number of para-hydroxylation sites is 1. The summed E-state index contributed by atoms with van der Waals surface area (Å²) in [4.78, 5) is 12.1. The summed E-state index contributed by atoms with van der Waals surface area (Å²) in [5.41, 5.74) is 0.243. The number of ether oxygens (including phenoxy) is 1. The molecule has 7 heteroatoms. The second-order valence-corrected chi connectivity index (χ2v) is 6.21. The Labute approximate surface area is 151 Å². The summed E-state index contributed by atoms with van der Waals surface area (Å²) in [6, 6.07) is 10.6. The highest BCUT2D eigenvalue weighted by Crippen LogP contribution is 2.32. The number of benzene rings is 2. The number of alkyl halides is 3. The quantitative estimate of drug-likeness (QED) is 0.661. The van der Waals surface area contributed by atoms with Crippen LogP contribution in [0, 0.1) is 3.57 Å². The Balaban J connectivity index is 2.05. The van der Waals surface area contributed by atoms with Crippen LogP contribution in [0.25, 0.3) is 0 Å². The van der Waals surface area contributed by atoms with Gasteiger partial charge in [0.2, 0.25) is 5.91 Å². The van der Waals surface area contributed by atoms with Gasteiger partial charge < -0.3 is 10.1 Å². The van der Waals surface area contributed by atoms with Gasteiger partial charge in [-0.05, 0) is 58.8 Å². The second kappa shape index (κ2) is 7.87. The first kappa shape index (κ1) is 18.6. The minimum atomic E-state index is -4.44. The van der Waals surface area contributed by atoms with Crippen molar-refractivity contribution in [3.05, 3.63) is 57.2 Å². The standard InChI is InChI=1S/C17H15F3INO2/c1-24-15-5-3-2-4-11(15)6-9-16(23)22-14-10-12(17(18,19)20)7-8-13(14)21/h2-5,7-8,10H,6,9H2,1H3,(H,22,23). The molecule has 2 aromatic carbocycles. The van der Waals surface area contributed by atoms with Crippen molar-refractivity contribution in [1.82, 2.24) is 0 Å². The van der Waals surface area contributed by atoms with Gasteiger partial charge in [-0.2, -0.15) is 13.2 Å². The fourth-order valence-corrected chi connectivity index (χ4v) is 2.64. The zero-order chi connectivity index (χ0) is 17.7. The maximum atomic E-state index is 12.8. The molecule has 0 unspecified atom stereocenters. The van der Waals surface area contributed by atoms with Gasteiger partial charge in [0.25, 0.3) is 0 Å². The number of methoxy groups -OCH3 is 1. The van der Waals surface area contributed by atoms with E-state index in [0.717, 1.165) is 17.7 Å². The second-order valence-electron chi connectivity index (χ2n) is 5.05. The molecule has 0 aromatic heterocycles. The van der Waals surface area contributed by atoms with Gasteiger partial charge in [0, 0.05) is 9.99 Å². The van der Waals surface area contributed by atoms with Gasteiger partial charge in [-0.1, -0.05) is 18.2 Å². The summed E-state index contributed by atoms with van der Waals surface area (Å²) in [5.74, 6) is 0.331. The van der Waals surface area contributed by atoms with Gasteiger partial charge in [-0.25, -0.2) is 0 Å². The highest BCUT2D eigenvalue weighted by atomic mass is 127. The van der Waals surface area contributed by atoms with Crippen LogP contribution in [-0.2, 0) is 17.4 Å². The average molecular weight is 449 g/mol. The van der Waals surface area contributed by atoms with E-state index in [1.54, 1.807) is 13.2 Å². The van der Waals surface area contributed by atoms with Crippen molar-refractivity contribution < 1.29 is 22.7 Å². The molecule has 0 fully saturated rings. The van der Waals surface area contributed by atoms with Crippen LogP contribution < -0.4 is 10.1 Å². The maximum Gasteiger partial charge on any atom is 0.416 e. The number of halogens is 4. The summed E-state index contributed by atoms with van der Waals surface area (Å²) in [6.45, 7) is 0. The molecule has 1 N–H and O–H groups in total. The molecular weight excluding hydrogens is 434 g/mol. The molecule has 0 radical (unpaired) electrons. The first-order chi connectivity index (χ1) is 11.3. The number of aryl methyl sites for hydroxylation is 1. The molecule has 0 saturated heterocycles. The van der Waals surface area contributed by atoms with Crippen molar-refractivity contribution in [3.8, 4) is 5.75 Å². The highest BCUT2D eigenvalue weighted by molar-refractivity contribution is 14.1. The van der Waals surface area contributed by atoms with Crippen molar-refractivity contribution in [3.63, 3.8) is 0 Å². The van der Waals surface area contributed by atoms with Crippen LogP contribution in [-0.4, -0.2) is 13.0 Å². The van der Waals surface area contributed by atoms with Crippen LogP contribution in [0.2, 0.25) is 0 Å². The first-order valence-electron chi connectivity index (χ1n) is 7.09. The lowest BCUT2D eigenvalue weighted by Crippen LogP contribution is -2.15. The summed E-state index contributed by atoms with van der Waals surface area (Å²) in [5, 5.41) is 2.54. The van der Waals surface area contributed by atoms with Gasteiger partial charge >= 0.3 is 6.18 Å². The average Bonchev–Trinajstić information content (AvgIpc) is 2.54. The molecule has 2 rings (SSSR count). The van der Waals surface area contributed by atoms with E-state index in [1.807, 2.05) is 40.8 Å². The number of hydrogen-bond donors (Lipinski definition) is 1. The lowest BCUT2D eigenvalue weighted by Gasteiger charge is -2.12. The predicted molar refractivity (Wildman–Crippen MR) is 94.1 cm³/mol. The lowest BCUT2D eigenvalue weighted by atomic mass is 10.1. The van der Waals surface area contributed by atoms with Gasteiger partial charge in [0.15, 0.2) is 0 Å². The number of carbonyl (C=O) groups excluding carboxylic acids is 1. The third-order valence-electron chi connectivity index (χ3n) is 3.38. The van der Waals surface area contributed by atoms with Gasteiger partial charge in [-0.15, -0.1) is 0 Å². The largest absolute Gasteiger partial charge is 0.496 e. The fraction of sp³-hybridized carbons (Fsp3) is 0.235. The van der Waals surface area contributed by atoms with E-state index >= 15 is 0 Å². The summed E-state index contributed by atoms with van der Waals surface area (Å²) in [6.07, 6.45) is -3.86. The Morgan fingerprint density at radius 1 is 1.21 bits per heavy atom. The fourth-order valence-electron chi connectivity index (χ4n) is 2.17. The Kier molecular flexibility index (Phi) is 6.09. The Hall–Kier alpha value is -1.77. The van der Waals surface area contributed by atoms with Crippen LogP contribution in [0.5, 0.6) is 5.75 Å². The van der Waals surface area contributed by atoms with Crippen LogP contribution in [0.3, 0.4) is 0 Å². The molecule has 128 valence electrons. The van der Waals surface area contributed by atoms with E-state index in [2.05, 4.69) is 5.32 Å². The molecule has 0 aliphatic rings. The number of amides is 1. The molecule has 0 bridgehead atoms. The molecule has 0 spiro atoms. The minimum Gasteiger partial charge on any atom is -0.496 e. The van der Waals surface area contributed by atoms with E-state index in [4.69, 9.17) is 4.74 Å². The normalized spacial score (nSPS) is 11.2. The van der Waals surface area contributed by atoms with Crippen LogP contribution >= 0.6 is 22.6 Å². The number of rotatable bonds is 5. The molecule has 24 heavy (non-hydrogen) atoms. The van der Waals surface area contributed by atoms with Crippen LogP contribution in [0.15, 0.2) is 42.5 Å². The van der Waals surface area contributed by atoms with E-state index in [-0.39, 0.29) is 18.0 Å². The predicted octanol–water partition coefficient (Wildman–Crippen LogP) is 4.89. The van der Waals surface area contributed by atoms with E-state index < -0.39 is 11.7 Å². The van der Waals surface area contributed by atoms with E-state index in [1.165, 1.54) is 6.07 Å². The third-order valence-corrected chi connectivity index (χ3v) is 4.32. The number of nitrogens with one attached hydrogen (secondary N) is 1. The van der Waals surface area contributed by atoms with Crippen LogP contribution in [0.1, 0.15) is 17.5 Å². The monoisotopic (exact) mass is 449 g/mol. The van der Waals surface area contributed by atoms with Crippen LogP contribution in [0.4, 0.5) is 18.9 Å². The SMILES string of the molecule is COc1ccccc1CCC(=O)Nc1cc(C(F)(F)F)ccc1I. The third kappa shape index (κ3) is 4.86. The molecule has 0 aliphatic carbocycles. The highest BCUT2D eigenvalue weighted by Gasteiger charge is 2.31. The summed E-state index contributed by atoms with van der Waals surface area (Å²) >= 11 is 1.89. The first-order valence-corrected chi connectivity index (χ1v) is 8.17. The minimum absolute atomic E-state index is 0.146. The Bertz CT molecular complexity index is 732. The van der Waals surface area contributed by atoms with E-state index in [9.17, 15) is 18.0 Å². The number of hydrogen-bond acceptors (Lipinski definition) is 2. The van der Waals surface area contributed by atoms with Crippen molar-refractivity contribution in [2.45, 2.75) is 19.0 Å². The number of anilines is 1. The van der Waals surface area contributed by atoms with Gasteiger partial charge in [-0.3, -0.25) is 4.79 Å². The molecule has 2 aromatic rings. The van der Waals surface area contributed by atoms with Crippen molar-refractivity contribution >= 4 is 34.2 Å². The molecule has 1 amide bonds. The zero-order valence-electron chi connectivity index (χ0n) is 12.8. The molecule has 0 atom stereocenters. The molecule has 0 aliphatic heterocycles.